The number of nitrogens with zero attached hydrogens (tertiary/aromatic N) is 5. The number of hydrazine groups is 1. The third-order valence-electron chi connectivity index (χ3n) is 6.08. The summed E-state index contributed by atoms with van der Waals surface area (Å²) < 4.78 is 26.4. The zero-order valence-corrected chi connectivity index (χ0v) is 18.1. The maximum Gasteiger partial charge on any atom is 0.340 e. The lowest BCUT2D eigenvalue weighted by molar-refractivity contribution is -0.133. The van der Waals surface area contributed by atoms with Crippen molar-refractivity contribution in [1.29, 1.82) is 0 Å². The summed E-state index contributed by atoms with van der Waals surface area (Å²) >= 11 is 0. The number of benzene rings is 2. The molecule has 0 aliphatic carbocycles. The van der Waals surface area contributed by atoms with Gasteiger partial charge in [0.15, 0.2) is 6.17 Å². The minimum atomic E-state index is -0.995. The lowest BCUT2D eigenvalue weighted by Gasteiger charge is -2.36. The van der Waals surface area contributed by atoms with E-state index in [1.807, 2.05) is 0 Å². The molecule has 34 heavy (non-hydrogen) atoms. The van der Waals surface area contributed by atoms with E-state index in [1.165, 1.54) is 58.6 Å². The number of rotatable bonds is 4. The predicted octanol–water partition coefficient (Wildman–Crippen LogP) is 1.70. The number of urea groups is 1. The first kappa shape index (κ1) is 21.8. The van der Waals surface area contributed by atoms with Gasteiger partial charge in [0.25, 0.3) is 5.91 Å². The van der Waals surface area contributed by atoms with Gasteiger partial charge in [-0.25, -0.2) is 18.6 Å². The SMILES string of the molecule is O=C(CN1NC2C(=O)N(c3ccc(F)cc3)C=CN2C1=O)N1CCN(c2ccc(F)cc2)CC1. The fraction of sp³-hybridized carbons (Fsp3) is 0.261. The second kappa shape index (κ2) is 8.75. The molecule has 0 saturated carbocycles. The molecule has 1 N–H and O–H groups in total. The molecule has 9 nitrogen and oxygen atoms in total. The van der Waals surface area contributed by atoms with Gasteiger partial charge < -0.3 is 9.80 Å². The van der Waals surface area contributed by atoms with E-state index in [0.29, 0.717) is 31.9 Å². The third-order valence-corrected chi connectivity index (χ3v) is 6.08. The number of piperazine rings is 1. The van der Waals surface area contributed by atoms with Crippen LogP contribution in [0.25, 0.3) is 0 Å². The Labute approximate surface area is 194 Å². The van der Waals surface area contributed by atoms with Gasteiger partial charge in [0.2, 0.25) is 5.91 Å². The summed E-state index contributed by atoms with van der Waals surface area (Å²) in [7, 11) is 0. The van der Waals surface area contributed by atoms with Crippen LogP contribution < -0.4 is 15.2 Å². The number of hydrogen-bond donors (Lipinski definition) is 1. The Bertz CT molecular complexity index is 1130. The molecule has 0 aromatic heterocycles. The molecule has 176 valence electrons. The van der Waals surface area contributed by atoms with Gasteiger partial charge >= 0.3 is 6.03 Å². The highest BCUT2D eigenvalue weighted by Gasteiger charge is 2.45. The molecule has 2 aromatic rings. The summed E-state index contributed by atoms with van der Waals surface area (Å²) in [4.78, 5) is 44.8. The summed E-state index contributed by atoms with van der Waals surface area (Å²) in [5.74, 6) is -1.39. The van der Waals surface area contributed by atoms with Crippen LogP contribution in [0.5, 0.6) is 0 Å². The lowest BCUT2D eigenvalue weighted by Crippen LogP contribution is -2.54. The predicted molar refractivity (Wildman–Crippen MR) is 119 cm³/mol. The maximum absolute atomic E-state index is 13.2. The smallest absolute Gasteiger partial charge is 0.340 e. The first-order valence-electron chi connectivity index (χ1n) is 10.8. The molecule has 0 radical (unpaired) electrons. The number of carbonyl (C=O) groups is 3. The minimum absolute atomic E-state index is 0.222. The normalized spacial score (nSPS) is 20.3. The fourth-order valence-electron chi connectivity index (χ4n) is 4.21. The van der Waals surface area contributed by atoms with Crippen molar-refractivity contribution in [2.24, 2.45) is 0 Å². The second-order valence-corrected chi connectivity index (χ2v) is 8.13. The van der Waals surface area contributed by atoms with E-state index in [0.717, 1.165) is 10.7 Å². The molecule has 0 spiro atoms. The van der Waals surface area contributed by atoms with Gasteiger partial charge in [-0.05, 0) is 48.5 Å². The van der Waals surface area contributed by atoms with Crippen molar-refractivity contribution in [3.63, 3.8) is 0 Å². The Morgan fingerprint density at radius 3 is 2.06 bits per heavy atom. The molecule has 1 atom stereocenters. The molecular formula is C23H22F2N6O3. The van der Waals surface area contributed by atoms with Crippen molar-refractivity contribution in [3.8, 4) is 0 Å². The van der Waals surface area contributed by atoms with E-state index < -0.39 is 23.9 Å². The molecule has 5 rings (SSSR count). The number of halogens is 2. The highest BCUT2D eigenvalue weighted by molar-refractivity contribution is 6.03. The molecular weight excluding hydrogens is 446 g/mol. The van der Waals surface area contributed by atoms with E-state index in [-0.39, 0.29) is 18.3 Å². The monoisotopic (exact) mass is 468 g/mol. The van der Waals surface area contributed by atoms with Gasteiger partial charge in [-0.15, -0.1) is 0 Å². The van der Waals surface area contributed by atoms with Crippen LogP contribution in [0.15, 0.2) is 60.9 Å². The molecule has 2 fully saturated rings. The van der Waals surface area contributed by atoms with Crippen molar-refractivity contribution in [2.45, 2.75) is 6.17 Å². The van der Waals surface area contributed by atoms with E-state index >= 15 is 0 Å². The first-order chi connectivity index (χ1) is 16.4. The maximum atomic E-state index is 13.2. The van der Waals surface area contributed by atoms with E-state index in [9.17, 15) is 23.2 Å². The molecule has 3 aliphatic rings. The van der Waals surface area contributed by atoms with Crippen LogP contribution in [-0.2, 0) is 9.59 Å². The van der Waals surface area contributed by atoms with Gasteiger partial charge in [0, 0.05) is 50.0 Å². The topological polar surface area (TPSA) is 79.4 Å². The first-order valence-corrected chi connectivity index (χ1v) is 10.8. The highest BCUT2D eigenvalue weighted by Crippen LogP contribution is 2.24. The molecule has 2 aromatic carbocycles. The number of carbonyl (C=O) groups excluding carboxylic acids is 3. The van der Waals surface area contributed by atoms with Crippen molar-refractivity contribution in [1.82, 2.24) is 20.2 Å². The lowest BCUT2D eigenvalue weighted by atomic mass is 10.2. The summed E-state index contributed by atoms with van der Waals surface area (Å²) in [6.07, 6.45) is 1.90. The Balaban J connectivity index is 1.19. The number of nitrogens with one attached hydrogen (secondary N) is 1. The van der Waals surface area contributed by atoms with Crippen LogP contribution in [0.4, 0.5) is 25.0 Å². The molecule has 4 amide bonds. The Morgan fingerprint density at radius 1 is 0.853 bits per heavy atom. The van der Waals surface area contributed by atoms with E-state index in [1.54, 1.807) is 17.0 Å². The van der Waals surface area contributed by atoms with Crippen LogP contribution in [-0.4, -0.2) is 71.5 Å². The van der Waals surface area contributed by atoms with Gasteiger partial charge in [-0.3, -0.25) is 19.4 Å². The Morgan fingerprint density at radius 2 is 1.44 bits per heavy atom. The van der Waals surface area contributed by atoms with Crippen LogP contribution in [0.2, 0.25) is 0 Å². The van der Waals surface area contributed by atoms with Crippen LogP contribution in [0, 0.1) is 11.6 Å². The van der Waals surface area contributed by atoms with Crippen LogP contribution in [0.1, 0.15) is 0 Å². The van der Waals surface area contributed by atoms with Gasteiger partial charge in [-0.1, -0.05) is 0 Å². The Hall–Kier alpha value is -3.99. The van der Waals surface area contributed by atoms with E-state index in [2.05, 4.69) is 10.3 Å². The zero-order valence-electron chi connectivity index (χ0n) is 18.1. The summed E-state index contributed by atoms with van der Waals surface area (Å²) in [5.41, 5.74) is 4.16. The summed E-state index contributed by atoms with van der Waals surface area (Å²) in [6, 6.07) is 11.1. The Kier molecular flexibility index (Phi) is 5.62. The number of amides is 4. The van der Waals surface area contributed by atoms with Crippen LogP contribution >= 0.6 is 0 Å². The molecule has 0 bridgehead atoms. The number of hydrogen-bond acceptors (Lipinski definition) is 5. The average Bonchev–Trinajstić information content (AvgIpc) is 3.17. The quantitative estimate of drug-likeness (QED) is 0.739. The number of anilines is 2. The molecule has 1 unspecified atom stereocenters. The molecule has 11 heteroatoms. The van der Waals surface area contributed by atoms with E-state index in [4.69, 9.17) is 0 Å². The second-order valence-electron chi connectivity index (χ2n) is 8.13. The van der Waals surface area contributed by atoms with Crippen molar-refractivity contribution < 1.29 is 23.2 Å². The third kappa shape index (κ3) is 4.05. The molecule has 3 aliphatic heterocycles. The molecule has 3 heterocycles. The van der Waals surface area contributed by atoms with Gasteiger partial charge in [0.1, 0.15) is 18.2 Å². The van der Waals surface area contributed by atoms with Gasteiger partial charge in [-0.2, -0.15) is 5.43 Å². The highest BCUT2D eigenvalue weighted by atomic mass is 19.1. The summed E-state index contributed by atoms with van der Waals surface area (Å²) in [5, 5.41) is 1.13. The largest absolute Gasteiger partial charge is 0.368 e. The average molecular weight is 468 g/mol. The zero-order chi connectivity index (χ0) is 23.8. The van der Waals surface area contributed by atoms with Crippen LogP contribution in [0.3, 0.4) is 0 Å². The van der Waals surface area contributed by atoms with Crippen molar-refractivity contribution in [3.05, 3.63) is 72.6 Å². The fourth-order valence-corrected chi connectivity index (χ4v) is 4.21. The standard InChI is InChI=1S/C23H22F2N6O3/c24-16-1-5-18(6-2-16)27-9-11-28(12-10-27)20(32)15-31-23(34)30-14-13-29(22(33)21(30)26-31)19-7-3-17(25)4-8-19/h1-8,13-14,21,26H,9-12,15H2. The molecule has 2 saturated heterocycles. The van der Waals surface area contributed by atoms with Crippen molar-refractivity contribution >= 4 is 29.2 Å². The van der Waals surface area contributed by atoms with Gasteiger partial charge in [0.05, 0.1) is 0 Å². The summed E-state index contributed by atoms with van der Waals surface area (Å²) in [6.45, 7) is 1.87. The number of fused-ring (bicyclic) bond motifs is 1. The van der Waals surface area contributed by atoms with Crippen molar-refractivity contribution in [2.75, 3.05) is 42.5 Å². The minimum Gasteiger partial charge on any atom is -0.368 e.